The molecule has 1 aliphatic rings. The van der Waals surface area contributed by atoms with E-state index in [-0.39, 0.29) is 5.91 Å². The maximum Gasteiger partial charge on any atom is 0.270 e. The van der Waals surface area contributed by atoms with Gasteiger partial charge in [-0.25, -0.2) is 0 Å². The summed E-state index contributed by atoms with van der Waals surface area (Å²) in [6, 6.07) is 4.05. The summed E-state index contributed by atoms with van der Waals surface area (Å²) in [5.41, 5.74) is 7.11. The average Bonchev–Trinajstić information content (AvgIpc) is 2.23. The lowest BCUT2D eigenvalue weighted by atomic mass is 9.81. The molecule has 0 aromatic carbocycles. The van der Waals surface area contributed by atoms with Crippen molar-refractivity contribution in [3.05, 3.63) is 29.6 Å². The smallest absolute Gasteiger partial charge is 0.270 e. The highest BCUT2D eigenvalue weighted by Crippen LogP contribution is 2.24. The fourth-order valence-corrected chi connectivity index (χ4v) is 2.00. The van der Waals surface area contributed by atoms with Crippen molar-refractivity contribution in [3.63, 3.8) is 0 Å². The molecule has 0 aliphatic heterocycles. The van der Waals surface area contributed by atoms with Gasteiger partial charge in [0.05, 0.1) is 0 Å². The quantitative estimate of drug-likeness (QED) is 0.792. The van der Waals surface area contributed by atoms with Crippen molar-refractivity contribution in [2.45, 2.75) is 25.8 Å². The zero-order chi connectivity index (χ0) is 11.5. The first-order valence-corrected chi connectivity index (χ1v) is 5.62. The van der Waals surface area contributed by atoms with Gasteiger partial charge >= 0.3 is 0 Å². The Balaban J connectivity index is 1.86. The van der Waals surface area contributed by atoms with Crippen molar-refractivity contribution in [2.24, 2.45) is 11.7 Å². The number of pyridine rings is 1. The van der Waals surface area contributed by atoms with Crippen molar-refractivity contribution < 1.29 is 4.79 Å². The number of nitrogens with one attached hydrogen (secondary N) is 1. The van der Waals surface area contributed by atoms with Crippen LogP contribution in [0.3, 0.4) is 0 Å². The number of carbonyl (C=O) groups is 1. The number of carbonyl (C=O) groups excluding carboxylic acids is 1. The van der Waals surface area contributed by atoms with E-state index in [0.717, 1.165) is 18.4 Å². The molecule has 3 N–H and O–H groups in total. The molecule has 1 heterocycles. The standard InChI is InChI=1S/C12H17N3O/c1-8-3-2-4-14-11(8)12(16)15-7-9-5-10(13)6-9/h2-4,9-10H,5-7,13H2,1H3,(H,15,16). The molecule has 16 heavy (non-hydrogen) atoms. The van der Waals surface area contributed by atoms with Crippen molar-refractivity contribution in [1.29, 1.82) is 0 Å². The van der Waals surface area contributed by atoms with Crippen LogP contribution in [0.2, 0.25) is 0 Å². The van der Waals surface area contributed by atoms with Crippen LogP contribution in [0, 0.1) is 12.8 Å². The van der Waals surface area contributed by atoms with Gasteiger partial charge in [-0.05, 0) is 37.3 Å². The Bertz CT molecular complexity index is 386. The van der Waals surface area contributed by atoms with Crippen LogP contribution in [0.15, 0.2) is 18.3 Å². The van der Waals surface area contributed by atoms with Crippen LogP contribution in [0.25, 0.3) is 0 Å². The Kier molecular flexibility index (Phi) is 3.19. The van der Waals surface area contributed by atoms with Crippen molar-refractivity contribution in [3.8, 4) is 0 Å². The van der Waals surface area contributed by atoms with E-state index >= 15 is 0 Å². The zero-order valence-corrected chi connectivity index (χ0v) is 9.44. The maximum atomic E-state index is 11.8. The normalized spacial score (nSPS) is 23.6. The van der Waals surface area contributed by atoms with Crippen molar-refractivity contribution >= 4 is 5.91 Å². The number of hydrogen-bond acceptors (Lipinski definition) is 3. The monoisotopic (exact) mass is 219 g/mol. The molecule has 1 aliphatic carbocycles. The SMILES string of the molecule is Cc1cccnc1C(=O)NCC1CC(N)C1. The molecular formula is C12H17N3O. The third-order valence-electron chi connectivity index (χ3n) is 3.05. The fourth-order valence-electron chi connectivity index (χ4n) is 2.00. The number of nitrogens with two attached hydrogens (primary N) is 1. The Morgan fingerprint density at radius 2 is 2.38 bits per heavy atom. The second kappa shape index (κ2) is 4.61. The molecule has 0 bridgehead atoms. The maximum absolute atomic E-state index is 11.8. The van der Waals surface area contributed by atoms with E-state index in [1.165, 1.54) is 0 Å². The van der Waals surface area contributed by atoms with Gasteiger partial charge in [-0.15, -0.1) is 0 Å². The highest BCUT2D eigenvalue weighted by atomic mass is 16.1. The molecule has 0 radical (unpaired) electrons. The van der Waals surface area contributed by atoms with Gasteiger partial charge in [-0.1, -0.05) is 6.07 Å². The van der Waals surface area contributed by atoms with Crippen LogP contribution in [0.5, 0.6) is 0 Å². The van der Waals surface area contributed by atoms with Gasteiger partial charge < -0.3 is 11.1 Å². The number of nitrogens with zero attached hydrogens (tertiary/aromatic N) is 1. The summed E-state index contributed by atoms with van der Waals surface area (Å²) >= 11 is 0. The number of aromatic nitrogens is 1. The number of aryl methyl sites for hydroxylation is 1. The summed E-state index contributed by atoms with van der Waals surface area (Å²) in [6.45, 7) is 2.60. The molecule has 86 valence electrons. The third-order valence-corrected chi connectivity index (χ3v) is 3.05. The first-order valence-electron chi connectivity index (χ1n) is 5.62. The molecule has 1 saturated carbocycles. The molecule has 2 rings (SSSR count). The summed E-state index contributed by atoms with van der Waals surface area (Å²) in [5, 5.41) is 2.91. The Morgan fingerprint density at radius 1 is 1.62 bits per heavy atom. The topological polar surface area (TPSA) is 68.0 Å². The van der Waals surface area contributed by atoms with Crippen LogP contribution in [-0.4, -0.2) is 23.5 Å². The summed E-state index contributed by atoms with van der Waals surface area (Å²) < 4.78 is 0. The van der Waals surface area contributed by atoms with E-state index in [4.69, 9.17) is 5.73 Å². The zero-order valence-electron chi connectivity index (χ0n) is 9.44. The molecule has 1 amide bonds. The van der Waals surface area contributed by atoms with Gasteiger partial charge in [-0.3, -0.25) is 9.78 Å². The predicted molar refractivity (Wildman–Crippen MR) is 62.0 cm³/mol. The number of hydrogen-bond donors (Lipinski definition) is 2. The summed E-state index contributed by atoms with van der Waals surface area (Å²) in [7, 11) is 0. The van der Waals surface area contributed by atoms with Crippen molar-refractivity contribution in [1.82, 2.24) is 10.3 Å². The van der Waals surface area contributed by atoms with Crippen molar-refractivity contribution in [2.75, 3.05) is 6.54 Å². The van der Waals surface area contributed by atoms with Crippen LogP contribution in [0.4, 0.5) is 0 Å². The van der Waals surface area contributed by atoms with E-state index < -0.39 is 0 Å². The number of amides is 1. The highest BCUT2D eigenvalue weighted by Gasteiger charge is 2.26. The van der Waals surface area contributed by atoms with E-state index in [1.54, 1.807) is 6.20 Å². The average molecular weight is 219 g/mol. The Labute approximate surface area is 95.3 Å². The predicted octanol–water partition coefficient (Wildman–Crippen LogP) is 0.857. The molecule has 4 heteroatoms. The minimum absolute atomic E-state index is 0.0847. The van der Waals surface area contributed by atoms with Gasteiger partial charge in [0.15, 0.2) is 0 Å². The lowest BCUT2D eigenvalue weighted by Crippen LogP contribution is -2.42. The molecule has 1 aromatic heterocycles. The highest BCUT2D eigenvalue weighted by molar-refractivity contribution is 5.93. The molecule has 0 unspecified atom stereocenters. The molecule has 0 atom stereocenters. The minimum atomic E-state index is -0.0847. The van der Waals surface area contributed by atoms with Gasteiger partial charge in [0, 0.05) is 18.8 Å². The van der Waals surface area contributed by atoms with Crippen LogP contribution in [-0.2, 0) is 0 Å². The van der Waals surface area contributed by atoms with E-state index in [1.807, 2.05) is 19.1 Å². The Hall–Kier alpha value is -1.42. The van der Waals surface area contributed by atoms with E-state index in [0.29, 0.717) is 24.2 Å². The lowest BCUT2D eigenvalue weighted by Gasteiger charge is -2.32. The molecule has 4 nitrogen and oxygen atoms in total. The summed E-state index contributed by atoms with van der Waals surface area (Å²) in [6.07, 6.45) is 3.67. The van der Waals surface area contributed by atoms with E-state index in [2.05, 4.69) is 10.3 Å². The molecule has 1 aromatic rings. The fraction of sp³-hybridized carbons (Fsp3) is 0.500. The molecule has 0 spiro atoms. The lowest BCUT2D eigenvalue weighted by molar-refractivity contribution is 0.0929. The minimum Gasteiger partial charge on any atom is -0.350 e. The van der Waals surface area contributed by atoms with E-state index in [9.17, 15) is 4.79 Å². The Morgan fingerprint density at radius 3 is 3.00 bits per heavy atom. The van der Waals surface area contributed by atoms with Gasteiger partial charge in [-0.2, -0.15) is 0 Å². The first-order chi connectivity index (χ1) is 7.66. The third kappa shape index (κ3) is 2.39. The summed E-state index contributed by atoms with van der Waals surface area (Å²) in [5.74, 6) is 0.460. The summed E-state index contributed by atoms with van der Waals surface area (Å²) in [4.78, 5) is 15.9. The van der Waals surface area contributed by atoms with Gasteiger partial charge in [0.25, 0.3) is 5.91 Å². The van der Waals surface area contributed by atoms with Crippen LogP contribution < -0.4 is 11.1 Å². The second-order valence-electron chi connectivity index (χ2n) is 4.48. The molecular weight excluding hydrogens is 202 g/mol. The van der Waals surface area contributed by atoms with Gasteiger partial charge in [0.2, 0.25) is 0 Å². The molecule has 0 saturated heterocycles. The largest absolute Gasteiger partial charge is 0.350 e. The van der Waals surface area contributed by atoms with Crippen LogP contribution >= 0.6 is 0 Å². The molecule has 1 fully saturated rings. The van der Waals surface area contributed by atoms with Gasteiger partial charge in [0.1, 0.15) is 5.69 Å². The first kappa shape index (κ1) is 11.1. The van der Waals surface area contributed by atoms with Crippen LogP contribution in [0.1, 0.15) is 28.9 Å². The number of rotatable bonds is 3. The second-order valence-corrected chi connectivity index (χ2v) is 4.48.